The first-order valence-corrected chi connectivity index (χ1v) is 8.13. The van der Waals surface area contributed by atoms with Gasteiger partial charge >= 0.3 is 0 Å². The Balaban J connectivity index is 1.71. The maximum absolute atomic E-state index is 14.7. The Morgan fingerprint density at radius 2 is 1.76 bits per heavy atom. The predicted molar refractivity (Wildman–Crippen MR) is 94.3 cm³/mol. The Morgan fingerprint density at radius 1 is 1.00 bits per heavy atom. The number of anilines is 3. The van der Waals surface area contributed by atoms with E-state index in [-0.39, 0.29) is 11.6 Å². The molecular formula is C18H17F2N5. The summed E-state index contributed by atoms with van der Waals surface area (Å²) in [4.78, 5) is 10.5. The Kier molecular flexibility index (Phi) is 4.15. The van der Waals surface area contributed by atoms with E-state index < -0.39 is 0 Å². The van der Waals surface area contributed by atoms with E-state index in [9.17, 15) is 8.78 Å². The smallest absolute Gasteiger partial charge is 0.147 e. The van der Waals surface area contributed by atoms with Crippen molar-refractivity contribution in [1.29, 1.82) is 0 Å². The van der Waals surface area contributed by atoms with Crippen molar-refractivity contribution in [2.45, 2.75) is 0 Å². The van der Waals surface area contributed by atoms with Gasteiger partial charge in [-0.2, -0.15) is 0 Å². The van der Waals surface area contributed by atoms with Crippen LogP contribution in [0.5, 0.6) is 0 Å². The molecule has 0 bridgehead atoms. The van der Waals surface area contributed by atoms with Gasteiger partial charge in [-0.25, -0.2) is 18.7 Å². The van der Waals surface area contributed by atoms with Gasteiger partial charge in [-0.15, -0.1) is 0 Å². The summed E-state index contributed by atoms with van der Waals surface area (Å²) < 4.78 is 27.7. The number of nitrogens with zero attached hydrogens (tertiary/aromatic N) is 3. The molecule has 1 aromatic heterocycles. The second kappa shape index (κ2) is 6.60. The molecule has 0 saturated carbocycles. The lowest BCUT2D eigenvalue weighted by molar-refractivity contribution is 0.567. The van der Waals surface area contributed by atoms with Gasteiger partial charge in [-0.1, -0.05) is 0 Å². The van der Waals surface area contributed by atoms with Gasteiger partial charge in [0.1, 0.15) is 23.8 Å². The van der Waals surface area contributed by atoms with E-state index in [4.69, 9.17) is 0 Å². The van der Waals surface area contributed by atoms with Crippen LogP contribution >= 0.6 is 0 Å². The van der Waals surface area contributed by atoms with Crippen LogP contribution in [0.1, 0.15) is 0 Å². The number of benzene rings is 2. The van der Waals surface area contributed by atoms with Crippen molar-refractivity contribution in [2.75, 3.05) is 36.4 Å². The zero-order valence-corrected chi connectivity index (χ0v) is 13.5. The number of fused-ring (bicyclic) bond motifs is 1. The van der Waals surface area contributed by atoms with Crippen LogP contribution in [0.25, 0.3) is 10.9 Å². The summed E-state index contributed by atoms with van der Waals surface area (Å²) >= 11 is 0. The number of aromatic nitrogens is 2. The van der Waals surface area contributed by atoms with Crippen LogP contribution in [0.15, 0.2) is 42.7 Å². The normalized spacial score (nSPS) is 14.7. The molecular weight excluding hydrogens is 324 g/mol. The Labute approximate surface area is 143 Å². The van der Waals surface area contributed by atoms with E-state index in [0.717, 1.165) is 26.2 Å². The van der Waals surface area contributed by atoms with E-state index in [2.05, 4.69) is 20.6 Å². The summed E-state index contributed by atoms with van der Waals surface area (Å²) in [5, 5.41) is 6.93. The third-order valence-corrected chi connectivity index (χ3v) is 4.27. The maximum Gasteiger partial charge on any atom is 0.147 e. The van der Waals surface area contributed by atoms with Gasteiger partial charge in [0.15, 0.2) is 0 Å². The molecule has 1 aliphatic heterocycles. The molecule has 0 aliphatic carbocycles. The lowest BCUT2D eigenvalue weighted by Crippen LogP contribution is -2.43. The van der Waals surface area contributed by atoms with Gasteiger partial charge in [-0.3, -0.25) is 0 Å². The van der Waals surface area contributed by atoms with Crippen molar-refractivity contribution < 1.29 is 8.78 Å². The predicted octanol–water partition coefficient (Wildman–Crippen LogP) is 3.06. The van der Waals surface area contributed by atoms with E-state index in [0.29, 0.717) is 28.1 Å². The summed E-state index contributed by atoms with van der Waals surface area (Å²) in [6, 6.07) is 9.14. The van der Waals surface area contributed by atoms with Crippen molar-refractivity contribution in [3.63, 3.8) is 0 Å². The molecule has 0 amide bonds. The van der Waals surface area contributed by atoms with Crippen molar-refractivity contribution >= 4 is 28.1 Å². The van der Waals surface area contributed by atoms with Crippen LogP contribution in [0.2, 0.25) is 0 Å². The van der Waals surface area contributed by atoms with Gasteiger partial charge in [-0.05, 0) is 36.4 Å². The Hall–Kier alpha value is -2.80. The highest BCUT2D eigenvalue weighted by molar-refractivity contribution is 5.92. The molecule has 2 heterocycles. The average Bonchev–Trinajstić information content (AvgIpc) is 2.64. The number of halogens is 2. The minimum atomic E-state index is -0.315. The second-order valence-electron chi connectivity index (χ2n) is 5.91. The quantitative estimate of drug-likeness (QED) is 0.767. The molecule has 4 rings (SSSR count). The highest BCUT2D eigenvalue weighted by Crippen LogP contribution is 2.29. The fraction of sp³-hybridized carbons (Fsp3) is 0.222. The minimum Gasteiger partial charge on any atom is -0.367 e. The lowest BCUT2D eigenvalue weighted by Gasteiger charge is -2.29. The molecule has 5 nitrogen and oxygen atoms in total. The summed E-state index contributed by atoms with van der Waals surface area (Å²) in [6.07, 6.45) is 1.44. The summed E-state index contributed by atoms with van der Waals surface area (Å²) in [6.45, 7) is 3.18. The SMILES string of the molecule is Fc1ccc(Nc2ncnc3cc(N4CCNCC4)c(F)cc23)cc1. The molecule has 0 radical (unpaired) electrons. The Morgan fingerprint density at radius 3 is 2.52 bits per heavy atom. The van der Waals surface area contributed by atoms with Crippen molar-refractivity contribution in [3.05, 3.63) is 54.4 Å². The van der Waals surface area contributed by atoms with Gasteiger partial charge in [0.05, 0.1) is 11.2 Å². The highest BCUT2D eigenvalue weighted by Gasteiger charge is 2.17. The van der Waals surface area contributed by atoms with Crippen LogP contribution in [0.4, 0.5) is 26.0 Å². The molecule has 2 aromatic carbocycles. The lowest BCUT2D eigenvalue weighted by atomic mass is 10.1. The average molecular weight is 341 g/mol. The number of nitrogens with one attached hydrogen (secondary N) is 2. The first-order chi connectivity index (χ1) is 12.2. The second-order valence-corrected chi connectivity index (χ2v) is 5.91. The molecule has 3 aromatic rings. The van der Waals surface area contributed by atoms with Crippen molar-refractivity contribution in [1.82, 2.24) is 15.3 Å². The van der Waals surface area contributed by atoms with E-state index >= 15 is 0 Å². The van der Waals surface area contributed by atoms with Gasteiger partial charge < -0.3 is 15.5 Å². The Bertz CT molecular complexity index is 892. The first kappa shape index (κ1) is 15.7. The summed E-state index contributed by atoms with van der Waals surface area (Å²) in [5.41, 5.74) is 1.89. The van der Waals surface area contributed by atoms with Crippen molar-refractivity contribution in [3.8, 4) is 0 Å². The summed E-state index contributed by atoms with van der Waals surface area (Å²) in [5.74, 6) is -0.126. The number of hydrogen-bond acceptors (Lipinski definition) is 5. The summed E-state index contributed by atoms with van der Waals surface area (Å²) in [7, 11) is 0. The maximum atomic E-state index is 14.7. The molecule has 0 unspecified atom stereocenters. The largest absolute Gasteiger partial charge is 0.367 e. The molecule has 0 atom stereocenters. The van der Waals surface area contributed by atoms with Gasteiger partial charge in [0, 0.05) is 37.3 Å². The molecule has 2 N–H and O–H groups in total. The van der Waals surface area contributed by atoms with E-state index in [1.54, 1.807) is 18.2 Å². The third kappa shape index (κ3) is 3.23. The molecule has 7 heteroatoms. The highest BCUT2D eigenvalue weighted by atomic mass is 19.1. The topological polar surface area (TPSA) is 53.1 Å². The van der Waals surface area contributed by atoms with E-state index in [1.807, 2.05) is 4.90 Å². The van der Waals surface area contributed by atoms with Crippen LogP contribution in [-0.2, 0) is 0 Å². The van der Waals surface area contributed by atoms with Crippen LogP contribution in [0.3, 0.4) is 0 Å². The fourth-order valence-corrected chi connectivity index (χ4v) is 2.98. The monoisotopic (exact) mass is 341 g/mol. The van der Waals surface area contributed by atoms with Crippen LogP contribution < -0.4 is 15.5 Å². The molecule has 0 spiro atoms. The standard InChI is InChI=1S/C18H17F2N5/c19-12-1-3-13(4-2-12)24-18-14-9-15(20)17(10-16(14)22-11-23-18)25-7-5-21-6-8-25/h1-4,9-11,21H,5-8H2,(H,22,23,24). The zero-order valence-electron chi connectivity index (χ0n) is 13.5. The van der Waals surface area contributed by atoms with Crippen LogP contribution in [0, 0.1) is 11.6 Å². The van der Waals surface area contributed by atoms with Crippen LogP contribution in [-0.4, -0.2) is 36.1 Å². The first-order valence-electron chi connectivity index (χ1n) is 8.13. The zero-order chi connectivity index (χ0) is 17.2. The minimum absolute atomic E-state index is 0.300. The third-order valence-electron chi connectivity index (χ3n) is 4.27. The van der Waals surface area contributed by atoms with Crippen molar-refractivity contribution in [2.24, 2.45) is 0 Å². The molecule has 128 valence electrons. The number of piperazine rings is 1. The fourth-order valence-electron chi connectivity index (χ4n) is 2.98. The molecule has 1 fully saturated rings. The molecule has 1 saturated heterocycles. The molecule has 1 aliphatic rings. The number of rotatable bonds is 3. The molecule has 25 heavy (non-hydrogen) atoms. The van der Waals surface area contributed by atoms with Gasteiger partial charge in [0.2, 0.25) is 0 Å². The number of hydrogen-bond donors (Lipinski definition) is 2. The van der Waals surface area contributed by atoms with Gasteiger partial charge in [0.25, 0.3) is 0 Å². The van der Waals surface area contributed by atoms with E-state index in [1.165, 1.54) is 24.5 Å².